The molecular weight excluding hydrogens is 358 g/mol. The Balaban J connectivity index is 1.65. The second-order valence-corrected chi connectivity index (χ2v) is 7.60. The van der Waals surface area contributed by atoms with Crippen LogP contribution in [0.4, 0.5) is 10.8 Å². The highest BCUT2D eigenvalue weighted by molar-refractivity contribution is 7.16. The molecule has 0 aliphatic heterocycles. The summed E-state index contributed by atoms with van der Waals surface area (Å²) in [6.07, 6.45) is 0.249. The Morgan fingerprint density at radius 2 is 1.63 bits per heavy atom. The third-order valence-corrected chi connectivity index (χ3v) is 4.89. The average molecular weight is 379 g/mol. The highest BCUT2D eigenvalue weighted by Gasteiger charge is 2.12. The van der Waals surface area contributed by atoms with Gasteiger partial charge >= 0.3 is 0 Å². The van der Waals surface area contributed by atoms with Crippen molar-refractivity contribution in [1.29, 1.82) is 0 Å². The number of rotatable bonds is 5. The monoisotopic (exact) mass is 379 g/mol. The van der Waals surface area contributed by atoms with Crippen LogP contribution in [-0.4, -0.2) is 16.8 Å². The molecule has 0 fully saturated rings. The largest absolute Gasteiger partial charge is 0.326 e. The molecule has 27 heavy (non-hydrogen) atoms. The van der Waals surface area contributed by atoms with E-state index in [1.54, 1.807) is 12.1 Å². The van der Waals surface area contributed by atoms with Gasteiger partial charge in [0.25, 0.3) is 0 Å². The van der Waals surface area contributed by atoms with Gasteiger partial charge in [-0.3, -0.25) is 9.59 Å². The van der Waals surface area contributed by atoms with E-state index in [9.17, 15) is 9.59 Å². The molecule has 6 heteroatoms. The fourth-order valence-electron chi connectivity index (χ4n) is 2.69. The number of aryl methyl sites for hydroxylation is 2. The molecule has 0 radical (unpaired) electrons. The van der Waals surface area contributed by atoms with Gasteiger partial charge in [-0.1, -0.05) is 42.0 Å². The molecule has 3 rings (SSSR count). The second-order valence-electron chi connectivity index (χ2n) is 6.39. The lowest BCUT2D eigenvalue weighted by molar-refractivity contribution is -0.116. The van der Waals surface area contributed by atoms with E-state index in [1.165, 1.54) is 23.8 Å². The van der Waals surface area contributed by atoms with Crippen LogP contribution in [0.25, 0.3) is 11.3 Å². The van der Waals surface area contributed by atoms with E-state index in [2.05, 4.69) is 27.8 Å². The van der Waals surface area contributed by atoms with Crippen LogP contribution in [0.15, 0.2) is 48.5 Å². The first-order chi connectivity index (χ1) is 12.9. The van der Waals surface area contributed by atoms with Crippen molar-refractivity contribution in [3.8, 4) is 11.3 Å². The number of carbonyl (C=O) groups is 2. The molecule has 2 aromatic carbocycles. The summed E-state index contributed by atoms with van der Waals surface area (Å²) in [6, 6.07) is 15.4. The van der Waals surface area contributed by atoms with Crippen molar-refractivity contribution in [2.45, 2.75) is 27.2 Å². The first kappa shape index (κ1) is 18.8. The minimum atomic E-state index is -0.121. The van der Waals surface area contributed by atoms with Crippen molar-refractivity contribution < 1.29 is 9.59 Å². The summed E-state index contributed by atoms with van der Waals surface area (Å²) in [5.74, 6) is -0.240. The Labute approximate surface area is 162 Å². The van der Waals surface area contributed by atoms with Crippen LogP contribution in [0.3, 0.4) is 0 Å². The second kappa shape index (κ2) is 8.14. The lowest BCUT2D eigenvalue weighted by Gasteiger charge is -2.05. The number of amides is 2. The fraction of sp³-hybridized carbons (Fsp3) is 0.190. The lowest BCUT2D eigenvalue weighted by Crippen LogP contribution is -2.14. The summed E-state index contributed by atoms with van der Waals surface area (Å²) < 4.78 is 0. The molecule has 138 valence electrons. The molecule has 1 heterocycles. The molecule has 0 aliphatic carbocycles. The van der Waals surface area contributed by atoms with Gasteiger partial charge in [-0.25, -0.2) is 4.98 Å². The van der Waals surface area contributed by atoms with E-state index in [0.29, 0.717) is 10.8 Å². The molecule has 0 saturated heterocycles. The molecule has 0 unspecified atom stereocenters. The maximum Gasteiger partial charge on any atom is 0.230 e. The van der Waals surface area contributed by atoms with Crippen molar-refractivity contribution in [3.63, 3.8) is 0 Å². The molecule has 3 aromatic rings. The predicted molar refractivity (Wildman–Crippen MR) is 110 cm³/mol. The third-order valence-electron chi connectivity index (χ3n) is 4.01. The summed E-state index contributed by atoms with van der Waals surface area (Å²) >= 11 is 1.47. The summed E-state index contributed by atoms with van der Waals surface area (Å²) in [5.41, 5.74) is 4.72. The van der Waals surface area contributed by atoms with E-state index in [-0.39, 0.29) is 18.2 Å². The van der Waals surface area contributed by atoms with Gasteiger partial charge in [0.05, 0.1) is 12.1 Å². The number of nitrogens with one attached hydrogen (secondary N) is 2. The van der Waals surface area contributed by atoms with E-state index >= 15 is 0 Å². The number of aromatic nitrogens is 1. The molecule has 0 spiro atoms. The number of hydrogen-bond acceptors (Lipinski definition) is 4. The summed E-state index contributed by atoms with van der Waals surface area (Å²) in [5, 5.41) is 6.18. The molecule has 0 saturated carbocycles. The zero-order chi connectivity index (χ0) is 19.4. The smallest absolute Gasteiger partial charge is 0.230 e. The first-order valence-corrected chi connectivity index (χ1v) is 9.43. The molecule has 2 N–H and O–H groups in total. The standard InChI is InChI=1S/C21H21N3O2S/c1-13-4-8-17(9-5-13)20-14(2)27-21(24-20)23-19(26)12-16-6-10-18(11-7-16)22-15(3)25/h4-11H,12H2,1-3H3,(H,22,25)(H,23,24,26). The topological polar surface area (TPSA) is 71.1 Å². The number of hydrogen-bond donors (Lipinski definition) is 2. The SMILES string of the molecule is CC(=O)Nc1ccc(CC(=O)Nc2nc(-c3ccc(C)cc3)c(C)s2)cc1. The van der Waals surface area contributed by atoms with Crippen molar-refractivity contribution in [2.24, 2.45) is 0 Å². The highest BCUT2D eigenvalue weighted by atomic mass is 32.1. The van der Waals surface area contributed by atoms with Crippen LogP contribution in [-0.2, 0) is 16.0 Å². The van der Waals surface area contributed by atoms with Crippen LogP contribution in [0.5, 0.6) is 0 Å². The number of nitrogens with zero attached hydrogens (tertiary/aromatic N) is 1. The van der Waals surface area contributed by atoms with Crippen LogP contribution in [0.1, 0.15) is 22.9 Å². The van der Waals surface area contributed by atoms with Crippen molar-refractivity contribution >= 4 is 34.0 Å². The molecule has 0 atom stereocenters. The Morgan fingerprint density at radius 1 is 0.963 bits per heavy atom. The third kappa shape index (κ3) is 5.01. The average Bonchev–Trinajstić information content (AvgIpc) is 2.97. The van der Waals surface area contributed by atoms with Crippen molar-refractivity contribution in [3.05, 3.63) is 64.5 Å². The summed E-state index contributed by atoms with van der Waals surface area (Å²) in [4.78, 5) is 29.0. The van der Waals surface area contributed by atoms with Crippen molar-refractivity contribution in [1.82, 2.24) is 4.98 Å². The van der Waals surface area contributed by atoms with E-state index in [4.69, 9.17) is 0 Å². The Morgan fingerprint density at radius 3 is 2.26 bits per heavy atom. The first-order valence-electron chi connectivity index (χ1n) is 8.61. The zero-order valence-corrected chi connectivity index (χ0v) is 16.3. The molecule has 0 bridgehead atoms. The van der Waals surface area contributed by atoms with Gasteiger partial charge in [0.2, 0.25) is 11.8 Å². The normalized spacial score (nSPS) is 10.5. The quantitative estimate of drug-likeness (QED) is 0.682. The molecule has 1 aromatic heterocycles. The minimum Gasteiger partial charge on any atom is -0.326 e. The highest BCUT2D eigenvalue weighted by Crippen LogP contribution is 2.30. The summed E-state index contributed by atoms with van der Waals surface area (Å²) in [6.45, 7) is 5.51. The van der Waals surface area contributed by atoms with Gasteiger partial charge < -0.3 is 10.6 Å². The number of carbonyl (C=O) groups excluding carboxylic acids is 2. The van der Waals surface area contributed by atoms with Gasteiger partial charge in [-0.05, 0) is 31.5 Å². The zero-order valence-electron chi connectivity index (χ0n) is 15.5. The van der Waals surface area contributed by atoms with Gasteiger partial charge in [0.15, 0.2) is 5.13 Å². The summed E-state index contributed by atoms with van der Waals surface area (Å²) in [7, 11) is 0. The van der Waals surface area contributed by atoms with E-state index in [1.807, 2.05) is 38.1 Å². The van der Waals surface area contributed by atoms with Crippen LogP contribution >= 0.6 is 11.3 Å². The van der Waals surface area contributed by atoms with Gasteiger partial charge in [-0.15, -0.1) is 11.3 Å². The fourth-order valence-corrected chi connectivity index (χ4v) is 3.54. The van der Waals surface area contributed by atoms with Gasteiger partial charge in [-0.2, -0.15) is 0 Å². The van der Waals surface area contributed by atoms with E-state index in [0.717, 1.165) is 21.7 Å². The van der Waals surface area contributed by atoms with Gasteiger partial charge in [0.1, 0.15) is 0 Å². The number of anilines is 2. The Hall–Kier alpha value is -2.99. The van der Waals surface area contributed by atoms with Crippen molar-refractivity contribution in [2.75, 3.05) is 10.6 Å². The predicted octanol–water partition coefficient (Wildman–Crippen LogP) is 4.57. The Kier molecular flexibility index (Phi) is 5.66. The molecule has 0 aliphatic rings. The van der Waals surface area contributed by atoms with Crippen LogP contribution in [0.2, 0.25) is 0 Å². The molecule has 5 nitrogen and oxygen atoms in total. The molecular formula is C21H21N3O2S. The van der Waals surface area contributed by atoms with Gasteiger partial charge in [0, 0.05) is 23.1 Å². The van der Waals surface area contributed by atoms with Crippen LogP contribution < -0.4 is 10.6 Å². The van der Waals surface area contributed by atoms with E-state index < -0.39 is 0 Å². The maximum absolute atomic E-state index is 12.3. The minimum absolute atomic E-state index is 0.119. The van der Waals surface area contributed by atoms with Crippen LogP contribution in [0, 0.1) is 13.8 Å². The number of benzene rings is 2. The number of thiazole rings is 1. The lowest BCUT2D eigenvalue weighted by atomic mass is 10.1. The maximum atomic E-state index is 12.3. The molecule has 2 amide bonds. The Bertz CT molecular complexity index is 960.